The van der Waals surface area contributed by atoms with Crippen molar-refractivity contribution < 1.29 is 9.15 Å². The van der Waals surface area contributed by atoms with Gasteiger partial charge in [0, 0.05) is 10.9 Å². The fourth-order valence-corrected chi connectivity index (χ4v) is 2.67. The van der Waals surface area contributed by atoms with Crippen LogP contribution in [-0.4, -0.2) is 17.1 Å². The summed E-state index contributed by atoms with van der Waals surface area (Å²) in [6, 6.07) is 14.6. The molecule has 2 N–H and O–H groups in total. The van der Waals surface area contributed by atoms with E-state index in [1.54, 1.807) is 19.2 Å². The minimum Gasteiger partial charge on any atom is -0.497 e. The molecule has 0 radical (unpaired) electrons. The van der Waals surface area contributed by atoms with Crippen molar-refractivity contribution in [2.75, 3.05) is 12.8 Å². The van der Waals surface area contributed by atoms with Crippen LogP contribution in [0.25, 0.3) is 33.3 Å². The highest BCUT2D eigenvalue weighted by Gasteiger charge is 2.15. The molecule has 2 aromatic carbocycles. The molecule has 6 heteroatoms. The number of nitrogen functional groups attached to an aromatic ring is 1. The average Bonchev–Trinajstić information content (AvgIpc) is 2.61. The summed E-state index contributed by atoms with van der Waals surface area (Å²) in [6.45, 7) is 0. The second kappa shape index (κ2) is 5.34. The summed E-state index contributed by atoms with van der Waals surface area (Å²) in [5.41, 5.74) is 7.16. The van der Waals surface area contributed by atoms with Gasteiger partial charge in [0.05, 0.1) is 12.6 Å². The van der Waals surface area contributed by atoms with Gasteiger partial charge in [0.15, 0.2) is 5.82 Å². The van der Waals surface area contributed by atoms with Gasteiger partial charge < -0.3 is 14.9 Å². The molecule has 0 atom stereocenters. The van der Waals surface area contributed by atoms with Crippen molar-refractivity contribution in [2.45, 2.75) is 0 Å². The normalized spacial score (nSPS) is 11.0. The number of nitrogens with zero attached hydrogens (tertiary/aromatic N) is 2. The maximum absolute atomic E-state index is 12.2. The molecule has 118 valence electrons. The van der Waals surface area contributed by atoms with Gasteiger partial charge in [-0.2, -0.15) is 0 Å². The molecule has 4 rings (SSSR count). The Bertz CT molecular complexity index is 1140. The number of nitrogens with two attached hydrogens (primary N) is 1. The number of rotatable bonds is 2. The van der Waals surface area contributed by atoms with Crippen molar-refractivity contribution in [2.24, 2.45) is 0 Å². The second-order valence-electron chi connectivity index (χ2n) is 5.27. The van der Waals surface area contributed by atoms with Crippen LogP contribution in [0.5, 0.6) is 5.75 Å². The smallest absolute Gasteiger partial charge is 0.349 e. The third-order valence-electron chi connectivity index (χ3n) is 3.81. The summed E-state index contributed by atoms with van der Waals surface area (Å²) in [7, 11) is 1.59. The molecule has 0 saturated heterocycles. The Labute approximate surface area is 136 Å². The largest absolute Gasteiger partial charge is 0.497 e. The van der Waals surface area contributed by atoms with Crippen LogP contribution in [0.1, 0.15) is 0 Å². The van der Waals surface area contributed by atoms with E-state index in [4.69, 9.17) is 14.9 Å². The van der Waals surface area contributed by atoms with Crippen LogP contribution in [0.15, 0.2) is 57.7 Å². The first-order valence-corrected chi connectivity index (χ1v) is 7.31. The van der Waals surface area contributed by atoms with E-state index in [1.165, 1.54) is 0 Å². The first-order chi connectivity index (χ1) is 11.7. The molecule has 0 aliphatic carbocycles. The molecule has 2 heterocycles. The lowest BCUT2D eigenvalue weighted by atomic mass is 10.1. The first kappa shape index (κ1) is 14.2. The van der Waals surface area contributed by atoms with E-state index >= 15 is 0 Å². The van der Waals surface area contributed by atoms with Gasteiger partial charge in [-0.15, -0.1) is 0 Å². The molecule has 0 bridgehead atoms. The van der Waals surface area contributed by atoms with E-state index in [1.807, 2.05) is 36.4 Å². The maximum Gasteiger partial charge on any atom is 0.349 e. The molecular weight excluding hydrogens is 306 g/mol. The highest BCUT2D eigenvalue weighted by molar-refractivity contribution is 6.05. The van der Waals surface area contributed by atoms with Crippen molar-refractivity contribution in [3.63, 3.8) is 0 Å². The van der Waals surface area contributed by atoms with E-state index in [9.17, 15) is 4.79 Å². The molecule has 0 spiro atoms. The van der Waals surface area contributed by atoms with Gasteiger partial charge >= 0.3 is 5.63 Å². The SMILES string of the molecule is COc1cccc(-c2nc(N)c3c(=O)oc4ccccc4c3n2)c1. The lowest BCUT2D eigenvalue weighted by Gasteiger charge is -2.08. The van der Waals surface area contributed by atoms with E-state index in [2.05, 4.69) is 9.97 Å². The van der Waals surface area contributed by atoms with Crippen LogP contribution >= 0.6 is 0 Å². The zero-order valence-electron chi connectivity index (χ0n) is 12.8. The van der Waals surface area contributed by atoms with Crippen molar-refractivity contribution in [3.8, 4) is 17.1 Å². The number of ether oxygens (including phenoxy) is 1. The third-order valence-corrected chi connectivity index (χ3v) is 3.81. The molecule has 0 aliphatic heterocycles. The van der Waals surface area contributed by atoms with Gasteiger partial charge in [-0.05, 0) is 24.3 Å². The number of methoxy groups -OCH3 is 1. The summed E-state index contributed by atoms with van der Waals surface area (Å²) >= 11 is 0. The number of aromatic nitrogens is 2. The highest BCUT2D eigenvalue weighted by Crippen LogP contribution is 2.28. The predicted octanol–water partition coefficient (Wildman–Crippen LogP) is 2.99. The number of fused-ring (bicyclic) bond motifs is 3. The number of para-hydroxylation sites is 1. The molecule has 0 unspecified atom stereocenters. The number of anilines is 1. The summed E-state index contributed by atoms with van der Waals surface area (Å²) in [6.07, 6.45) is 0. The molecule has 6 nitrogen and oxygen atoms in total. The summed E-state index contributed by atoms with van der Waals surface area (Å²) in [5.74, 6) is 1.21. The van der Waals surface area contributed by atoms with Crippen molar-refractivity contribution in [1.82, 2.24) is 9.97 Å². The van der Waals surface area contributed by atoms with E-state index in [0.717, 1.165) is 5.56 Å². The van der Waals surface area contributed by atoms with E-state index < -0.39 is 5.63 Å². The summed E-state index contributed by atoms with van der Waals surface area (Å²) in [5, 5.41) is 0.908. The Morgan fingerprint density at radius 1 is 1.08 bits per heavy atom. The topological polar surface area (TPSA) is 91.2 Å². The molecule has 0 amide bonds. The van der Waals surface area contributed by atoms with Crippen LogP contribution in [0.3, 0.4) is 0 Å². The van der Waals surface area contributed by atoms with Crippen molar-refractivity contribution >= 4 is 27.7 Å². The zero-order valence-corrected chi connectivity index (χ0v) is 12.8. The second-order valence-corrected chi connectivity index (χ2v) is 5.27. The molecular formula is C18H13N3O3. The fourth-order valence-electron chi connectivity index (χ4n) is 2.67. The fraction of sp³-hybridized carbons (Fsp3) is 0.0556. The van der Waals surface area contributed by atoms with Gasteiger partial charge in [0.25, 0.3) is 0 Å². The molecule has 0 fully saturated rings. The minimum atomic E-state index is -0.543. The van der Waals surface area contributed by atoms with Crippen LogP contribution in [0.2, 0.25) is 0 Å². The zero-order chi connectivity index (χ0) is 16.7. The standard InChI is InChI=1S/C18H13N3O3/c1-23-11-6-4-5-10(9-11)17-20-15-12-7-2-3-8-13(12)24-18(22)14(15)16(19)21-17/h2-9H,1H3,(H2,19,20,21). The van der Waals surface area contributed by atoms with Gasteiger partial charge in [0.1, 0.15) is 22.5 Å². The monoisotopic (exact) mass is 319 g/mol. The molecule has 24 heavy (non-hydrogen) atoms. The van der Waals surface area contributed by atoms with E-state index in [0.29, 0.717) is 28.1 Å². The Balaban J connectivity index is 2.09. The Hall–Kier alpha value is -3.41. The number of hydrogen-bond acceptors (Lipinski definition) is 6. The summed E-state index contributed by atoms with van der Waals surface area (Å²) in [4.78, 5) is 21.0. The highest BCUT2D eigenvalue weighted by atomic mass is 16.5. The number of hydrogen-bond donors (Lipinski definition) is 1. The quantitative estimate of drug-likeness (QED) is 0.451. The third kappa shape index (κ3) is 2.16. The maximum atomic E-state index is 12.2. The van der Waals surface area contributed by atoms with Gasteiger partial charge in [-0.25, -0.2) is 14.8 Å². The van der Waals surface area contributed by atoms with Crippen LogP contribution in [-0.2, 0) is 0 Å². The van der Waals surface area contributed by atoms with Crippen LogP contribution in [0.4, 0.5) is 5.82 Å². The Morgan fingerprint density at radius 2 is 1.92 bits per heavy atom. The Morgan fingerprint density at radius 3 is 2.75 bits per heavy atom. The van der Waals surface area contributed by atoms with Gasteiger partial charge in [-0.1, -0.05) is 24.3 Å². The first-order valence-electron chi connectivity index (χ1n) is 7.31. The predicted molar refractivity (Wildman–Crippen MR) is 92.0 cm³/mol. The van der Waals surface area contributed by atoms with Crippen LogP contribution in [0, 0.1) is 0 Å². The Kier molecular flexibility index (Phi) is 3.16. The van der Waals surface area contributed by atoms with Crippen LogP contribution < -0.4 is 16.1 Å². The molecule has 0 saturated carbocycles. The number of benzene rings is 2. The molecule has 0 aliphatic rings. The molecule has 4 aromatic rings. The van der Waals surface area contributed by atoms with Crippen molar-refractivity contribution in [3.05, 3.63) is 59.0 Å². The lowest BCUT2D eigenvalue weighted by Crippen LogP contribution is -2.08. The average molecular weight is 319 g/mol. The van der Waals surface area contributed by atoms with Gasteiger partial charge in [0.2, 0.25) is 0 Å². The van der Waals surface area contributed by atoms with Crippen molar-refractivity contribution in [1.29, 1.82) is 0 Å². The molecule has 2 aromatic heterocycles. The van der Waals surface area contributed by atoms with Gasteiger partial charge in [-0.3, -0.25) is 0 Å². The van der Waals surface area contributed by atoms with E-state index in [-0.39, 0.29) is 11.2 Å². The lowest BCUT2D eigenvalue weighted by molar-refractivity contribution is 0.415. The summed E-state index contributed by atoms with van der Waals surface area (Å²) < 4.78 is 10.5. The minimum absolute atomic E-state index is 0.0947.